The number of carbonyl (C=O) groups is 2. The number of nitrogen functional groups attached to an aromatic ring is 1. The largest absolute Gasteiger partial charge is 0.462 e. The predicted molar refractivity (Wildman–Crippen MR) is 198 cm³/mol. The molecule has 7 nitrogen and oxygen atoms in total. The molecule has 2 N–H and O–H groups in total. The maximum absolute atomic E-state index is 12.6. The van der Waals surface area contributed by atoms with Gasteiger partial charge in [-0.15, -0.1) is 0 Å². The van der Waals surface area contributed by atoms with Gasteiger partial charge in [0.25, 0.3) is 5.91 Å². The molecule has 0 radical (unpaired) electrons. The molecular formula is C36H33Br3N4O3. The van der Waals surface area contributed by atoms with Gasteiger partial charge in [-0.1, -0.05) is 59.9 Å². The van der Waals surface area contributed by atoms with E-state index in [0.29, 0.717) is 24.0 Å². The molecule has 4 aromatic carbocycles. The number of benzene rings is 4. The summed E-state index contributed by atoms with van der Waals surface area (Å²) in [6.07, 6.45) is 4.07. The van der Waals surface area contributed by atoms with Crippen molar-refractivity contribution < 1.29 is 14.3 Å². The molecule has 0 fully saturated rings. The molecule has 2 aromatic heterocycles. The van der Waals surface area contributed by atoms with Gasteiger partial charge in [0.15, 0.2) is 0 Å². The lowest BCUT2D eigenvalue weighted by atomic mass is 10.1. The van der Waals surface area contributed by atoms with Crippen molar-refractivity contribution in [3.8, 4) is 0 Å². The van der Waals surface area contributed by atoms with Crippen molar-refractivity contribution in [3.63, 3.8) is 0 Å². The molecular weight excluding hydrogens is 776 g/mol. The van der Waals surface area contributed by atoms with E-state index in [1.54, 1.807) is 13.0 Å². The summed E-state index contributed by atoms with van der Waals surface area (Å²) in [6.45, 7) is 2.83. The van der Waals surface area contributed by atoms with Gasteiger partial charge < -0.3 is 24.5 Å². The SMILES string of the molecule is CCOC(=O)c1cc(Br)ccc1CBr.Cn1ccc2cc(N)ccc21.Cn1ccc2cc(N3Cc4ccc(Br)cc4C3=O)ccc21. The number of nitrogens with zero attached hydrogens (tertiary/aromatic N) is 3. The minimum absolute atomic E-state index is 0.0709. The van der Waals surface area contributed by atoms with Crippen LogP contribution < -0.4 is 10.6 Å². The van der Waals surface area contributed by atoms with Gasteiger partial charge in [0, 0.05) is 79.5 Å². The van der Waals surface area contributed by atoms with Crippen LogP contribution in [0, 0.1) is 0 Å². The number of aromatic nitrogens is 2. The molecule has 0 saturated heterocycles. The van der Waals surface area contributed by atoms with Gasteiger partial charge in [-0.2, -0.15) is 0 Å². The summed E-state index contributed by atoms with van der Waals surface area (Å²) in [5.41, 5.74) is 13.2. The molecule has 0 bridgehead atoms. The van der Waals surface area contributed by atoms with E-state index in [2.05, 4.69) is 81.2 Å². The van der Waals surface area contributed by atoms with Crippen LogP contribution in [-0.2, 0) is 30.7 Å². The van der Waals surface area contributed by atoms with Crippen LogP contribution in [0.4, 0.5) is 11.4 Å². The van der Waals surface area contributed by atoms with Gasteiger partial charge in [-0.3, -0.25) is 4.79 Å². The summed E-state index contributed by atoms with van der Waals surface area (Å²) in [5, 5.41) is 3.00. The number of carbonyl (C=O) groups excluding carboxylic acids is 2. The summed E-state index contributed by atoms with van der Waals surface area (Å²) in [4.78, 5) is 25.9. The third-order valence-electron chi connectivity index (χ3n) is 7.68. The smallest absolute Gasteiger partial charge is 0.338 e. The Kier molecular flexibility index (Phi) is 10.7. The fraction of sp³-hybridized carbons (Fsp3) is 0.167. The molecule has 0 spiro atoms. The molecule has 1 aliphatic heterocycles. The molecule has 0 saturated carbocycles. The van der Waals surface area contributed by atoms with Crippen LogP contribution in [0.25, 0.3) is 21.8 Å². The van der Waals surface area contributed by atoms with E-state index in [1.807, 2.05) is 86.0 Å². The van der Waals surface area contributed by atoms with Crippen LogP contribution in [-0.4, -0.2) is 27.6 Å². The van der Waals surface area contributed by atoms with E-state index in [-0.39, 0.29) is 11.9 Å². The summed E-state index contributed by atoms with van der Waals surface area (Å²) in [7, 11) is 4.05. The Labute approximate surface area is 293 Å². The minimum Gasteiger partial charge on any atom is -0.462 e. The van der Waals surface area contributed by atoms with Crippen molar-refractivity contribution in [1.82, 2.24) is 9.13 Å². The normalized spacial score (nSPS) is 12.0. The van der Waals surface area contributed by atoms with Crippen LogP contribution in [0.1, 0.15) is 38.8 Å². The number of esters is 1. The fourth-order valence-electron chi connectivity index (χ4n) is 5.28. The zero-order chi connectivity index (χ0) is 33.0. The number of hydrogen-bond donors (Lipinski definition) is 1. The standard InChI is InChI=1S/C17H13BrN2O.C10H10Br2O2.C9H10N2/c1-19-7-6-11-8-14(4-5-16(11)19)20-10-12-2-3-13(18)9-15(12)17(20)21;1-2-14-10(13)9-5-8(12)4-3-7(9)6-11;1-11-5-4-7-6-8(10)2-3-9(7)11/h2-9H,10H2,1H3;3-5H,2,6H2,1H3;2-6H,10H2,1H3. The molecule has 0 aliphatic carbocycles. The highest BCUT2D eigenvalue weighted by Crippen LogP contribution is 2.32. The summed E-state index contributed by atoms with van der Waals surface area (Å²) >= 11 is 10.1. The molecule has 1 aliphatic rings. The average molecular weight is 809 g/mol. The third-order valence-corrected chi connectivity index (χ3v) is 9.27. The van der Waals surface area contributed by atoms with Crippen LogP contribution >= 0.6 is 47.8 Å². The number of fused-ring (bicyclic) bond motifs is 3. The van der Waals surface area contributed by atoms with E-state index in [9.17, 15) is 9.59 Å². The number of halogens is 3. The zero-order valence-electron chi connectivity index (χ0n) is 25.6. The lowest BCUT2D eigenvalue weighted by Gasteiger charge is -2.16. The van der Waals surface area contributed by atoms with Gasteiger partial charge in [0.2, 0.25) is 0 Å². The van der Waals surface area contributed by atoms with E-state index in [4.69, 9.17) is 10.5 Å². The molecule has 7 rings (SSSR count). The quantitative estimate of drug-likeness (QED) is 0.109. The van der Waals surface area contributed by atoms with Gasteiger partial charge in [0.1, 0.15) is 0 Å². The minimum atomic E-state index is -0.275. The number of aryl methyl sites for hydroxylation is 2. The van der Waals surface area contributed by atoms with Gasteiger partial charge in [-0.05, 0) is 90.8 Å². The predicted octanol–water partition coefficient (Wildman–Crippen LogP) is 9.38. The molecule has 10 heteroatoms. The number of ether oxygens (including phenoxy) is 1. The second kappa shape index (κ2) is 14.7. The Morgan fingerprint density at radius 3 is 2.13 bits per heavy atom. The van der Waals surface area contributed by atoms with Crippen molar-refractivity contribution >= 4 is 92.8 Å². The van der Waals surface area contributed by atoms with Crippen LogP contribution in [0.3, 0.4) is 0 Å². The lowest BCUT2D eigenvalue weighted by Crippen LogP contribution is -2.22. The Bertz CT molecular complexity index is 2050. The van der Waals surface area contributed by atoms with E-state index < -0.39 is 0 Å². The van der Waals surface area contributed by atoms with Crippen molar-refractivity contribution in [3.05, 3.63) is 129 Å². The maximum Gasteiger partial charge on any atom is 0.338 e. The fourth-order valence-corrected chi connectivity index (χ4v) is 6.49. The summed E-state index contributed by atoms with van der Waals surface area (Å²) < 4.78 is 10.9. The number of amides is 1. The topological polar surface area (TPSA) is 82.5 Å². The maximum atomic E-state index is 12.6. The summed E-state index contributed by atoms with van der Waals surface area (Å²) in [6, 6.07) is 27.7. The first-order valence-electron chi connectivity index (χ1n) is 14.6. The first-order valence-corrected chi connectivity index (χ1v) is 17.3. The van der Waals surface area contributed by atoms with Gasteiger partial charge >= 0.3 is 5.97 Å². The Hall–Kier alpha value is -3.86. The number of nitrogens with two attached hydrogens (primary N) is 1. The van der Waals surface area contributed by atoms with Crippen LogP contribution in [0.2, 0.25) is 0 Å². The molecule has 0 atom stereocenters. The highest BCUT2D eigenvalue weighted by molar-refractivity contribution is 9.10. The first kappa shape index (κ1) is 33.5. The Morgan fingerprint density at radius 2 is 1.46 bits per heavy atom. The summed E-state index contributed by atoms with van der Waals surface area (Å²) in [5.74, 6) is -0.204. The van der Waals surface area contributed by atoms with Crippen molar-refractivity contribution in [2.45, 2.75) is 18.8 Å². The van der Waals surface area contributed by atoms with Crippen LogP contribution in [0.15, 0.2) is 106 Å². The molecule has 1 amide bonds. The number of rotatable bonds is 4. The van der Waals surface area contributed by atoms with Crippen molar-refractivity contribution in [1.29, 1.82) is 0 Å². The molecule has 46 heavy (non-hydrogen) atoms. The van der Waals surface area contributed by atoms with Crippen LogP contribution in [0.5, 0.6) is 0 Å². The highest BCUT2D eigenvalue weighted by Gasteiger charge is 2.28. The lowest BCUT2D eigenvalue weighted by molar-refractivity contribution is 0.0525. The second-order valence-electron chi connectivity index (χ2n) is 10.8. The number of anilines is 2. The molecule has 3 heterocycles. The van der Waals surface area contributed by atoms with Crippen molar-refractivity contribution in [2.75, 3.05) is 17.2 Å². The first-order chi connectivity index (χ1) is 22.1. The Balaban J connectivity index is 0.000000145. The third kappa shape index (κ3) is 7.40. The van der Waals surface area contributed by atoms with E-state index >= 15 is 0 Å². The molecule has 6 aromatic rings. The number of alkyl halides is 1. The number of hydrogen-bond acceptors (Lipinski definition) is 4. The van der Waals surface area contributed by atoms with Crippen molar-refractivity contribution in [2.24, 2.45) is 14.1 Å². The molecule has 0 unspecified atom stereocenters. The van der Waals surface area contributed by atoms with Gasteiger partial charge in [-0.25, -0.2) is 4.79 Å². The monoisotopic (exact) mass is 806 g/mol. The van der Waals surface area contributed by atoms with E-state index in [1.165, 1.54) is 16.4 Å². The zero-order valence-corrected chi connectivity index (χ0v) is 30.4. The van der Waals surface area contributed by atoms with E-state index in [0.717, 1.165) is 42.4 Å². The molecule has 236 valence electrons. The Morgan fingerprint density at radius 1 is 0.826 bits per heavy atom. The van der Waals surface area contributed by atoms with Gasteiger partial charge in [0.05, 0.1) is 18.7 Å². The second-order valence-corrected chi connectivity index (χ2v) is 13.2. The average Bonchev–Trinajstić information content (AvgIpc) is 3.71. The highest BCUT2D eigenvalue weighted by atomic mass is 79.9.